The van der Waals surface area contributed by atoms with Crippen LogP contribution in [0.4, 0.5) is 0 Å². The van der Waals surface area contributed by atoms with E-state index < -0.39 is 0 Å². The third-order valence-corrected chi connectivity index (χ3v) is 5.57. The molecule has 2 fully saturated rings. The van der Waals surface area contributed by atoms with Crippen LogP contribution in [0.25, 0.3) is 16.9 Å². The molecule has 1 saturated heterocycles. The molecule has 0 N–H and O–H groups in total. The smallest absolute Gasteiger partial charge is 0.254 e. The maximum Gasteiger partial charge on any atom is 0.254 e. The molecule has 2 aliphatic rings. The Morgan fingerprint density at radius 2 is 1.96 bits per heavy atom. The van der Waals surface area contributed by atoms with Gasteiger partial charge in [0.05, 0.1) is 16.6 Å². The average Bonchev–Trinajstić information content (AvgIpc) is 3.52. The van der Waals surface area contributed by atoms with Crippen LogP contribution in [0.3, 0.4) is 0 Å². The number of piperidine rings is 1. The van der Waals surface area contributed by atoms with Crippen molar-refractivity contribution in [2.45, 2.75) is 44.9 Å². The highest BCUT2D eigenvalue weighted by atomic mass is 16.2. The summed E-state index contributed by atoms with van der Waals surface area (Å²) in [6.07, 6.45) is 7.42. The van der Waals surface area contributed by atoms with Gasteiger partial charge < -0.3 is 4.90 Å². The number of likely N-dealkylation sites (tertiary alicyclic amines) is 1. The lowest BCUT2D eigenvalue weighted by atomic mass is 10.0. The van der Waals surface area contributed by atoms with Gasteiger partial charge in [-0.3, -0.25) is 4.79 Å². The quantitative estimate of drug-likeness (QED) is 0.715. The first-order chi connectivity index (χ1) is 13.2. The Bertz CT molecular complexity index is 1000. The largest absolute Gasteiger partial charge is 0.339 e. The van der Waals surface area contributed by atoms with Crippen molar-refractivity contribution in [2.75, 3.05) is 13.1 Å². The van der Waals surface area contributed by atoms with Crippen LogP contribution in [0.2, 0.25) is 0 Å². The van der Waals surface area contributed by atoms with Crippen LogP contribution in [0, 0.1) is 6.92 Å². The second-order valence-corrected chi connectivity index (χ2v) is 7.61. The van der Waals surface area contributed by atoms with E-state index in [9.17, 15) is 4.79 Å². The van der Waals surface area contributed by atoms with Gasteiger partial charge in [0.15, 0.2) is 11.5 Å². The first-order valence-corrected chi connectivity index (χ1v) is 9.83. The fourth-order valence-corrected chi connectivity index (χ4v) is 3.97. The Labute approximate surface area is 158 Å². The fourth-order valence-electron chi connectivity index (χ4n) is 3.97. The van der Waals surface area contributed by atoms with Gasteiger partial charge >= 0.3 is 0 Å². The molecule has 1 amide bonds. The zero-order valence-corrected chi connectivity index (χ0v) is 15.6. The molecule has 1 saturated carbocycles. The van der Waals surface area contributed by atoms with Gasteiger partial charge in [0, 0.05) is 30.9 Å². The molecule has 0 radical (unpaired) electrons. The molecule has 3 aromatic rings. The van der Waals surface area contributed by atoms with Gasteiger partial charge in [-0.1, -0.05) is 6.07 Å². The first kappa shape index (κ1) is 16.4. The molecule has 0 spiro atoms. The predicted octanol–water partition coefficient (Wildman–Crippen LogP) is 3.63. The highest BCUT2D eigenvalue weighted by Crippen LogP contribution is 2.41. The number of aromatic nitrogens is 4. The van der Waals surface area contributed by atoms with E-state index in [1.165, 1.54) is 6.42 Å². The van der Waals surface area contributed by atoms with Crippen LogP contribution in [0.1, 0.15) is 59.8 Å². The molecule has 0 bridgehead atoms. The second-order valence-electron chi connectivity index (χ2n) is 7.61. The standard InChI is InChI=1S/C21H23N5O/c1-14-19-16(21(27)25-11-5-2-6-12-25)13-17(15-8-9-15)23-20(19)26(24-14)18-7-3-4-10-22-18/h3-4,7,10,13,15H,2,5-6,8-9,11-12H2,1H3. The number of carbonyl (C=O) groups is 1. The molecule has 0 unspecified atom stereocenters. The van der Waals surface area contributed by atoms with Crippen molar-refractivity contribution in [2.24, 2.45) is 0 Å². The number of amides is 1. The minimum atomic E-state index is 0.118. The summed E-state index contributed by atoms with van der Waals surface area (Å²) in [5.41, 5.74) is 3.34. The average molecular weight is 361 g/mol. The second kappa shape index (κ2) is 6.44. The van der Waals surface area contributed by atoms with E-state index in [0.29, 0.717) is 5.92 Å². The number of pyridine rings is 2. The Kier molecular flexibility index (Phi) is 3.92. The fraction of sp³-hybridized carbons (Fsp3) is 0.429. The van der Waals surface area contributed by atoms with Gasteiger partial charge in [-0.15, -0.1) is 0 Å². The number of hydrogen-bond acceptors (Lipinski definition) is 4. The molecule has 4 heterocycles. The van der Waals surface area contributed by atoms with Gasteiger partial charge in [-0.05, 0) is 57.2 Å². The van der Waals surface area contributed by atoms with E-state index in [-0.39, 0.29) is 5.91 Å². The Morgan fingerprint density at radius 3 is 2.67 bits per heavy atom. The zero-order valence-electron chi connectivity index (χ0n) is 15.6. The summed E-state index contributed by atoms with van der Waals surface area (Å²) in [5, 5.41) is 5.55. The molecule has 3 aromatic heterocycles. The van der Waals surface area contributed by atoms with Crippen molar-refractivity contribution < 1.29 is 4.79 Å². The van der Waals surface area contributed by atoms with E-state index in [1.807, 2.05) is 36.1 Å². The molecule has 6 heteroatoms. The summed E-state index contributed by atoms with van der Waals surface area (Å²) in [6, 6.07) is 7.77. The third kappa shape index (κ3) is 2.89. The third-order valence-electron chi connectivity index (χ3n) is 5.57. The molecular formula is C21H23N5O. The van der Waals surface area contributed by atoms with E-state index in [2.05, 4.69) is 10.1 Å². The van der Waals surface area contributed by atoms with Crippen molar-refractivity contribution in [3.63, 3.8) is 0 Å². The lowest BCUT2D eigenvalue weighted by Gasteiger charge is -2.27. The van der Waals surface area contributed by atoms with Crippen molar-refractivity contribution in [3.05, 3.63) is 47.4 Å². The van der Waals surface area contributed by atoms with Gasteiger partial charge in [-0.2, -0.15) is 9.78 Å². The number of fused-ring (bicyclic) bond motifs is 1. The van der Waals surface area contributed by atoms with Crippen LogP contribution >= 0.6 is 0 Å². The van der Waals surface area contributed by atoms with Crippen molar-refractivity contribution >= 4 is 16.9 Å². The molecule has 27 heavy (non-hydrogen) atoms. The van der Waals surface area contributed by atoms with Gasteiger partial charge in [0.1, 0.15) is 0 Å². The lowest BCUT2D eigenvalue weighted by Crippen LogP contribution is -2.35. The molecule has 1 aliphatic heterocycles. The summed E-state index contributed by atoms with van der Waals surface area (Å²) in [5.74, 6) is 1.31. The van der Waals surface area contributed by atoms with Crippen LogP contribution in [0.5, 0.6) is 0 Å². The predicted molar refractivity (Wildman–Crippen MR) is 103 cm³/mol. The molecule has 0 aromatic carbocycles. The highest BCUT2D eigenvalue weighted by Gasteiger charge is 2.30. The Morgan fingerprint density at radius 1 is 1.15 bits per heavy atom. The maximum absolute atomic E-state index is 13.4. The number of nitrogens with zero attached hydrogens (tertiary/aromatic N) is 5. The molecular weight excluding hydrogens is 338 g/mol. The van der Waals surface area contributed by atoms with E-state index in [1.54, 1.807) is 10.9 Å². The van der Waals surface area contributed by atoms with Crippen molar-refractivity contribution in [3.8, 4) is 5.82 Å². The first-order valence-electron chi connectivity index (χ1n) is 9.83. The van der Waals surface area contributed by atoms with E-state index in [0.717, 1.165) is 72.6 Å². The molecule has 138 valence electrons. The minimum Gasteiger partial charge on any atom is -0.339 e. The van der Waals surface area contributed by atoms with Crippen LogP contribution in [-0.2, 0) is 0 Å². The van der Waals surface area contributed by atoms with Crippen LogP contribution in [0.15, 0.2) is 30.5 Å². The SMILES string of the molecule is Cc1nn(-c2ccccn2)c2nc(C3CC3)cc(C(=O)N3CCCCC3)c12. The van der Waals surface area contributed by atoms with Gasteiger partial charge in [0.2, 0.25) is 0 Å². The maximum atomic E-state index is 13.4. The van der Waals surface area contributed by atoms with Crippen molar-refractivity contribution in [1.82, 2.24) is 24.6 Å². The summed E-state index contributed by atoms with van der Waals surface area (Å²) < 4.78 is 1.78. The topological polar surface area (TPSA) is 63.9 Å². The summed E-state index contributed by atoms with van der Waals surface area (Å²) in [7, 11) is 0. The van der Waals surface area contributed by atoms with E-state index >= 15 is 0 Å². The van der Waals surface area contributed by atoms with Gasteiger partial charge in [-0.25, -0.2) is 9.97 Å². The summed E-state index contributed by atoms with van der Waals surface area (Å²) in [4.78, 5) is 24.7. The number of carbonyl (C=O) groups excluding carboxylic acids is 1. The Hall–Kier alpha value is -2.76. The number of hydrogen-bond donors (Lipinski definition) is 0. The van der Waals surface area contributed by atoms with Crippen LogP contribution < -0.4 is 0 Å². The summed E-state index contributed by atoms with van der Waals surface area (Å²) in [6.45, 7) is 3.64. The molecule has 5 rings (SSSR count). The molecule has 1 aliphatic carbocycles. The Balaban J connectivity index is 1.70. The number of rotatable bonds is 3. The minimum absolute atomic E-state index is 0.118. The highest BCUT2D eigenvalue weighted by molar-refractivity contribution is 6.06. The molecule has 0 atom stereocenters. The zero-order chi connectivity index (χ0) is 18.4. The number of aryl methyl sites for hydroxylation is 1. The van der Waals surface area contributed by atoms with Crippen molar-refractivity contribution in [1.29, 1.82) is 0 Å². The van der Waals surface area contributed by atoms with E-state index in [4.69, 9.17) is 4.98 Å². The van der Waals surface area contributed by atoms with Crippen LogP contribution in [-0.4, -0.2) is 43.6 Å². The normalized spacial score (nSPS) is 17.4. The summed E-state index contributed by atoms with van der Waals surface area (Å²) >= 11 is 0. The lowest BCUT2D eigenvalue weighted by molar-refractivity contribution is 0.0726. The molecule has 6 nitrogen and oxygen atoms in total. The monoisotopic (exact) mass is 361 g/mol. The van der Waals surface area contributed by atoms with Gasteiger partial charge in [0.25, 0.3) is 5.91 Å².